The van der Waals surface area contributed by atoms with Gasteiger partial charge < -0.3 is 14.6 Å². The second-order valence-electron chi connectivity index (χ2n) is 5.27. The van der Waals surface area contributed by atoms with Gasteiger partial charge in [-0.25, -0.2) is 0 Å². The molecule has 0 bridgehead atoms. The molecule has 3 rings (SSSR count). The number of nitrogens with zero attached hydrogens (tertiary/aromatic N) is 2. The van der Waals surface area contributed by atoms with Crippen LogP contribution in [0.15, 0.2) is 34.2 Å². The predicted molar refractivity (Wildman–Crippen MR) is 89.3 cm³/mol. The van der Waals surface area contributed by atoms with Crippen molar-refractivity contribution in [1.82, 2.24) is 9.55 Å². The summed E-state index contributed by atoms with van der Waals surface area (Å²) in [6.07, 6.45) is 2.04. The van der Waals surface area contributed by atoms with Crippen LogP contribution in [-0.2, 0) is 11.8 Å². The molecule has 2 aromatic rings. The molecular weight excluding hydrogens is 314 g/mol. The third-order valence-corrected chi connectivity index (χ3v) is 4.73. The van der Waals surface area contributed by atoms with Crippen LogP contribution in [0.3, 0.4) is 0 Å². The Morgan fingerprint density at radius 3 is 2.78 bits per heavy atom. The number of nitrogens with one attached hydrogen (secondary N) is 1. The molecule has 1 aliphatic heterocycles. The minimum absolute atomic E-state index is 0.123. The fourth-order valence-corrected chi connectivity index (χ4v) is 3.48. The van der Waals surface area contributed by atoms with E-state index in [2.05, 4.69) is 10.3 Å². The van der Waals surface area contributed by atoms with Gasteiger partial charge in [0.2, 0.25) is 5.91 Å². The predicted octanol–water partition coefficient (Wildman–Crippen LogP) is 1.98. The van der Waals surface area contributed by atoms with Gasteiger partial charge >= 0.3 is 0 Å². The average molecular weight is 331 g/mol. The lowest BCUT2D eigenvalue weighted by Gasteiger charge is -2.28. The van der Waals surface area contributed by atoms with Gasteiger partial charge in [0, 0.05) is 24.9 Å². The molecule has 0 radical (unpaired) electrons. The molecular formula is C16H17N3O3S. The van der Waals surface area contributed by atoms with Gasteiger partial charge in [-0.05, 0) is 12.3 Å². The van der Waals surface area contributed by atoms with Crippen molar-refractivity contribution >= 4 is 23.5 Å². The number of amides is 1. The highest BCUT2D eigenvalue weighted by Crippen LogP contribution is 2.39. The van der Waals surface area contributed by atoms with E-state index in [9.17, 15) is 9.59 Å². The first-order valence-electron chi connectivity index (χ1n) is 7.14. The highest BCUT2D eigenvalue weighted by atomic mass is 32.2. The minimum Gasteiger partial charge on any atom is -0.496 e. The molecule has 0 saturated carbocycles. The zero-order valence-corrected chi connectivity index (χ0v) is 13.9. The summed E-state index contributed by atoms with van der Waals surface area (Å²) in [4.78, 5) is 28.9. The highest BCUT2D eigenvalue weighted by molar-refractivity contribution is 7.98. The number of para-hydroxylation sites is 1. The van der Waals surface area contributed by atoms with E-state index in [0.29, 0.717) is 22.3 Å². The van der Waals surface area contributed by atoms with Crippen molar-refractivity contribution in [2.24, 2.45) is 7.05 Å². The van der Waals surface area contributed by atoms with Crippen LogP contribution in [0.5, 0.6) is 5.75 Å². The molecule has 0 fully saturated rings. The van der Waals surface area contributed by atoms with Crippen LogP contribution in [-0.4, -0.2) is 28.8 Å². The van der Waals surface area contributed by atoms with E-state index in [0.717, 1.165) is 5.56 Å². The molecule has 1 aliphatic rings. The smallest absolute Gasteiger partial charge is 0.279 e. The summed E-state index contributed by atoms with van der Waals surface area (Å²) in [6.45, 7) is 0. The number of carbonyl (C=O) groups is 1. The maximum Gasteiger partial charge on any atom is 0.279 e. The van der Waals surface area contributed by atoms with Crippen LogP contribution >= 0.6 is 11.8 Å². The van der Waals surface area contributed by atoms with E-state index in [1.54, 1.807) is 18.7 Å². The fourth-order valence-electron chi connectivity index (χ4n) is 2.94. The monoisotopic (exact) mass is 331 g/mol. The molecule has 6 nitrogen and oxygen atoms in total. The molecule has 2 heterocycles. The molecule has 1 N–H and O–H groups in total. The first-order chi connectivity index (χ1) is 11.1. The molecule has 0 unspecified atom stereocenters. The topological polar surface area (TPSA) is 73.2 Å². The van der Waals surface area contributed by atoms with Crippen LogP contribution in [0.2, 0.25) is 0 Å². The third-order valence-electron chi connectivity index (χ3n) is 4.00. The Morgan fingerprint density at radius 1 is 1.35 bits per heavy atom. The van der Waals surface area contributed by atoms with Gasteiger partial charge in [-0.2, -0.15) is 4.98 Å². The van der Waals surface area contributed by atoms with Gasteiger partial charge in [-0.3, -0.25) is 9.59 Å². The lowest BCUT2D eigenvalue weighted by atomic mass is 9.86. The Balaban J connectivity index is 2.26. The van der Waals surface area contributed by atoms with Crippen molar-refractivity contribution in [3.05, 3.63) is 45.7 Å². The number of anilines is 1. The quantitative estimate of drug-likeness (QED) is 0.688. The Bertz CT molecular complexity index is 832. The summed E-state index contributed by atoms with van der Waals surface area (Å²) in [5, 5.41) is 3.38. The lowest BCUT2D eigenvalue weighted by molar-refractivity contribution is -0.116. The molecule has 0 aliphatic carbocycles. The van der Waals surface area contributed by atoms with E-state index in [4.69, 9.17) is 4.74 Å². The zero-order chi connectivity index (χ0) is 16.6. The number of aromatic nitrogens is 2. The standard InChI is InChI=1S/C16H17N3O3S/c1-19-14-13(15(21)18-16(19)23-3)10(8-12(20)17-14)9-6-4-5-7-11(9)22-2/h4-7,10H,8H2,1-3H3,(H,17,20)/t10-/m1/s1. The van der Waals surface area contributed by atoms with Crippen molar-refractivity contribution in [3.63, 3.8) is 0 Å². The number of rotatable bonds is 3. The van der Waals surface area contributed by atoms with E-state index in [-0.39, 0.29) is 23.8 Å². The summed E-state index contributed by atoms with van der Waals surface area (Å²) in [6, 6.07) is 7.45. The molecule has 0 spiro atoms. The molecule has 1 atom stereocenters. The van der Waals surface area contributed by atoms with Crippen LogP contribution in [0.4, 0.5) is 5.82 Å². The molecule has 0 saturated heterocycles. The van der Waals surface area contributed by atoms with Gasteiger partial charge in [0.15, 0.2) is 5.16 Å². The van der Waals surface area contributed by atoms with Gasteiger partial charge in [-0.15, -0.1) is 0 Å². The van der Waals surface area contributed by atoms with Gasteiger partial charge in [0.25, 0.3) is 5.56 Å². The number of hydrogen-bond donors (Lipinski definition) is 1. The summed E-state index contributed by atoms with van der Waals surface area (Å²) < 4.78 is 7.15. The number of hydrogen-bond acceptors (Lipinski definition) is 5. The minimum atomic E-state index is -0.364. The summed E-state index contributed by atoms with van der Waals surface area (Å²) in [7, 11) is 3.37. The van der Waals surface area contributed by atoms with Crippen molar-refractivity contribution in [3.8, 4) is 5.75 Å². The highest BCUT2D eigenvalue weighted by Gasteiger charge is 2.33. The maximum atomic E-state index is 12.6. The van der Waals surface area contributed by atoms with Gasteiger partial charge in [0.05, 0.1) is 12.7 Å². The lowest BCUT2D eigenvalue weighted by Crippen LogP contribution is -2.33. The normalized spacial score (nSPS) is 16.7. The second kappa shape index (κ2) is 6.08. The van der Waals surface area contributed by atoms with Gasteiger partial charge in [-0.1, -0.05) is 30.0 Å². The zero-order valence-electron chi connectivity index (χ0n) is 13.1. The van der Waals surface area contributed by atoms with E-state index in [1.165, 1.54) is 11.8 Å². The number of benzene rings is 1. The van der Waals surface area contributed by atoms with Crippen molar-refractivity contribution in [1.29, 1.82) is 0 Å². The number of fused-ring (bicyclic) bond motifs is 1. The first-order valence-corrected chi connectivity index (χ1v) is 8.37. The Morgan fingerprint density at radius 2 is 2.09 bits per heavy atom. The van der Waals surface area contributed by atoms with Crippen LogP contribution in [0, 0.1) is 0 Å². The van der Waals surface area contributed by atoms with Crippen LogP contribution in [0.25, 0.3) is 0 Å². The third kappa shape index (κ3) is 2.61. The summed E-state index contributed by atoms with van der Waals surface area (Å²) in [5.74, 6) is 0.689. The average Bonchev–Trinajstić information content (AvgIpc) is 2.57. The van der Waals surface area contributed by atoms with E-state index >= 15 is 0 Å². The molecule has 120 valence electrons. The molecule has 1 aromatic heterocycles. The van der Waals surface area contributed by atoms with E-state index < -0.39 is 0 Å². The van der Waals surface area contributed by atoms with Crippen molar-refractivity contribution in [2.45, 2.75) is 17.5 Å². The Hall–Kier alpha value is -2.28. The molecule has 23 heavy (non-hydrogen) atoms. The molecule has 7 heteroatoms. The number of ether oxygens (including phenoxy) is 1. The number of carbonyl (C=O) groups excluding carboxylic acids is 1. The SMILES string of the molecule is COc1ccccc1[C@H]1CC(=O)Nc2c1c(=O)nc(SC)n2C. The largest absolute Gasteiger partial charge is 0.496 e. The van der Waals surface area contributed by atoms with E-state index in [1.807, 2.05) is 30.5 Å². The second-order valence-corrected chi connectivity index (χ2v) is 6.05. The number of methoxy groups -OCH3 is 1. The van der Waals surface area contributed by atoms with Gasteiger partial charge in [0.1, 0.15) is 11.6 Å². The first kappa shape index (κ1) is 15.6. The van der Waals surface area contributed by atoms with Crippen molar-refractivity contribution in [2.75, 3.05) is 18.7 Å². The maximum absolute atomic E-state index is 12.6. The fraction of sp³-hybridized carbons (Fsp3) is 0.312. The van der Waals surface area contributed by atoms with Crippen LogP contribution < -0.4 is 15.6 Å². The summed E-state index contributed by atoms with van der Waals surface area (Å²) >= 11 is 1.36. The Labute approximate surface area is 137 Å². The number of thioether (sulfide) groups is 1. The Kier molecular flexibility index (Phi) is 4.12. The molecule has 1 aromatic carbocycles. The summed E-state index contributed by atoms with van der Waals surface area (Å²) in [5.41, 5.74) is 1.02. The van der Waals surface area contributed by atoms with Crippen molar-refractivity contribution < 1.29 is 9.53 Å². The molecule has 1 amide bonds. The van der Waals surface area contributed by atoms with Crippen LogP contribution in [0.1, 0.15) is 23.5 Å².